The van der Waals surface area contributed by atoms with Crippen molar-refractivity contribution in [1.82, 2.24) is 4.98 Å². The largest absolute Gasteiger partial charge is 0.480 e. The van der Waals surface area contributed by atoms with Gasteiger partial charge in [-0.05, 0) is 22.4 Å². The van der Waals surface area contributed by atoms with Gasteiger partial charge in [0.2, 0.25) is 5.88 Å². The SMILES string of the molecule is COc1ncc(-c2cccc3ccccc23)cc1C(=O)O. The number of fused-ring (bicyclic) bond motifs is 1. The molecule has 0 aliphatic carbocycles. The number of methoxy groups -OCH3 is 1. The fourth-order valence-corrected chi connectivity index (χ4v) is 2.39. The Morgan fingerprint density at radius 1 is 1.14 bits per heavy atom. The van der Waals surface area contributed by atoms with Crippen molar-refractivity contribution in [1.29, 1.82) is 0 Å². The number of carbonyl (C=O) groups is 1. The number of carboxylic acids is 1. The Kier molecular flexibility index (Phi) is 3.28. The molecule has 2 aromatic carbocycles. The smallest absolute Gasteiger partial charge is 0.341 e. The van der Waals surface area contributed by atoms with E-state index in [9.17, 15) is 9.90 Å². The van der Waals surface area contributed by atoms with Crippen molar-refractivity contribution in [2.75, 3.05) is 7.11 Å². The molecule has 4 heteroatoms. The Morgan fingerprint density at radius 2 is 1.90 bits per heavy atom. The third-order valence-electron chi connectivity index (χ3n) is 3.38. The van der Waals surface area contributed by atoms with Crippen molar-refractivity contribution in [3.63, 3.8) is 0 Å². The van der Waals surface area contributed by atoms with E-state index in [4.69, 9.17) is 4.74 Å². The number of carboxylic acid groups (broad SMARTS) is 1. The fourth-order valence-electron chi connectivity index (χ4n) is 2.39. The minimum absolute atomic E-state index is 0.0583. The second-order valence-corrected chi connectivity index (χ2v) is 4.61. The molecule has 0 aliphatic heterocycles. The topological polar surface area (TPSA) is 59.4 Å². The van der Waals surface area contributed by atoms with Gasteiger partial charge in [-0.2, -0.15) is 0 Å². The number of aromatic carboxylic acids is 1. The maximum Gasteiger partial charge on any atom is 0.341 e. The van der Waals surface area contributed by atoms with Crippen molar-refractivity contribution in [2.24, 2.45) is 0 Å². The van der Waals surface area contributed by atoms with Crippen LogP contribution in [0.3, 0.4) is 0 Å². The standard InChI is InChI=1S/C17H13NO3/c1-21-16-15(17(19)20)9-12(10-18-16)14-8-4-6-11-5-2-3-7-13(11)14/h2-10H,1H3,(H,19,20). The second-order valence-electron chi connectivity index (χ2n) is 4.61. The zero-order valence-corrected chi connectivity index (χ0v) is 11.4. The van der Waals surface area contributed by atoms with Gasteiger partial charge in [-0.15, -0.1) is 0 Å². The molecule has 3 aromatic rings. The lowest BCUT2D eigenvalue weighted by atomic mass is 9.98. The Morgan fingerprint density at radius 3 is 2.67 bits per heavy atom. The van der Waals surface area contributed by atoms with Crippen LogP contribution in [0.5, 0.6) is 5.88 Å². The molecule has 21 heavy (non-hydrogen) atoms. The summed E-state index contributed by atoms with van der Waals surface area (Å²) in [6.07, 6.45) is 1.63. The number of benzene rings is 2. The number of hydrogen-bond acceptors (Lipinski definition) is 3. The number of pyridine rings is 1. The van der Waals surface area contributed by atoms with Gasteiger partial charge < -0.3 is 9.84 Å². The Hall–Kier alpha value is -2.88. The molecular weight excluding hydrogens is 266 g/mol. The van der Waals surface area contributed by atoms with Gasteiger partial charge in [-0.25, -0.2) is 9.78 Å². The first-order chi connectivity index (χ1) is 10.2. The third kappa shape index (κ3) is 2.31. The molecule has 0 fully saturated rings. The van der Waals surface area contributed by atoms with Crippen LogP contribution in [0.2, 0.25) is 0 Å². The van der Waals surface area contributed by atoms with Crippen LogP contribution < -0.4 is 4.74 Å². The van der Waals surface area contributed by atoms with Gasteiger partial charge in [0.05, 0.1) is 7.11 Å². The quantitative estimate of drug-likeness (QED) is 0.795. The van der Waals surface area contributed by atoms with E-state index < -0.39 is 5.97 Å². The van der Waals surface area contributed by atoms with Crippen molar-refractivity contribution in [2.45, 2.75) is 0 Å². The molecule has 104 valence electrons. The van der Waals surface area contributed by atoms with Gasteiger partial charge in [0, 0.05) is 11.8 Å². The van der Waals surface area contributed by atoms with E-state index in [-0.39, 0.29) is 11.4 Å². The molecule has 0 radical (unpaired) electrons. The lowest BCUT2D eigenvalue weighted by molar-refractivity contribution is 0.0692. The summed E-state index contributed by atoms with van der Waals surface area (Å²) >= 11 is 0. The summed E-state index contributed by atoms with van der Waals surface area (Å²) < 4.78 is 4.99. The molecule has 0 spiro atoms. The first-order valence-corrected chi connectivity index (χ1v) is 6.46. The van der Waals surface area contributed by atoms with Crippen LogP contribution in [0.1, 0.15) is 10.4 Å². The van der Waals surface area contributed by atoms with E-state index >= 15 is 0 Å². The lowest BCUT2D eigenvalue weighted by Gasteiger charge is -2.09. The minimum Gasteiger partial charge on any atom is -0.480 e. The molecule has 0 atom stereocenters. The highest BCUT2D eigenvalue weighted by Gasteiger charge is 2.14. The molecule has 3 rings (SSSR count). The number of aromatic nitrogens is 1. The maximum absolute atomic E-state index is 11.3. The molecule has 1 heterocycles. The Labute approximate surface area is 121 Å². The van der Waals surface area contributed by atoms with E-state index in [0.717, 1.165) is 21.9 Å². The van der Waals surface area contributed by atoms with Crippen molar-refractivity contribution in [3.05, 3.63) is 60.3 Å². The third-order valence-corrected chi connectivity index (χ3v) is 3.38. The molecule has 0 amide bonds. The van der Waals surface area contributed by atoms with Gasteiger partial charge in [0.15, 0.2) is 0 Å². The summed E-state index contributed by atoms with van der Waals surface area (Å²) in [5, 5.41) is 11.4. The summed E-state index contributed by atoms with van der Waals surface area (Å²) in [6.45, 7) is 0. The number of hydrogen-bond donors (Lipinski definition) is 1. The van der Waals surface area contributed by atoms with Crippen LogP contribution in [0.15, 0.2) is 54.7 Å². The molecule has 1 aromatic heterocycles. The number of nitrogens with zero attached hydrogens (tertiary/aromatic N) is 1. The van der Waals surface area contributed by atoms with Crippen LogP contribution >= 0.6 is 0 Å². The molecule has 0 saturated heterocycles. The Bertz CT molecular complexity index is 822. The van der Waals surface area contributed by atoms with E-state index in [2.05, 4.69) is 4.98 Å². The van der Waals surface area contributed by atoms with Gasteiger partial charge in [0.25, 0.3) is 0 Å². The average molecular weight is 279 g/mol. The summed E-state index contributed by atoms with van der Waals surface area (Å²) in [5.74, 6) is -0.937. The molecular formula is C17H13NO3. The minimum atomic E-state index is -1.05. The normalized spacial score (nSPS) is 10.5. The van der Waals surface area contributed by atoms with Gasteiger partial charge in [0.1, 0.15) is 5.56 Å². The van der Waals surface area contributed by atoms with Gasteiger partial charge in [-0.1, -0.05) is 42.5 Å². The predicted octanol–water partition coefficient (Wildman–Crippen LogP) is 3.61. The van der Waals surface area contributed by atoms with Gasteiger partial charge in [-0.3, -0.25) is 0 Å². The molecule has 4 nitrogen and oxygen atoms in total. The first kappa shape index (κ1) is 13.1. The summed E-state index contributed by atoms with van der Waals surface area (Å²) in [7, 11) is 1.41. The fraction of sp³-hybridized carbons (Fsp3) is 0.0588. The molecule has 1 N–H and O–H groups in total. The molecule has 0 bridgehead atoms. The van der Waals surface area contributed by atoms with Crippen LogP contribution in [0, 0.1) is 0 Å². The zero-order valence-electron chi connectivity index (χ0n) is 11.4. The summed E-state index contributed by atoms with van der Waals surface area (Å²) in [6, 6.07) is 15.5. The zero-order chi connectivity index (χ0) is 14.8. The monoisotopic (exact) mass is 279 g/mol. The highest BCUT2D eigenvalue weighted by atomic mass is 16.5. The predicted molar refractivity (Wildman–Crippen MR) is 80.7 cm³/mol. The van der Waals surface area contributed by atoms with E-state index in [1.165, 1.54) is 7.11 Å². The van der Waals surface area contributed by atoms with Gasteiger partial charge >= 0.3 is 5.97 Å². The van der Waals surface area contributed by atoms with Crippen molar-refractivity contribution < 1.29 is 14.6 Å². The molecule has 0 unspecified atom stereocenters. The maximum atomic E-state index is 11.3. The number of ether oxygens (including phenoxy) is 1. The summed E-state index contributed by atoms with van der Waals surface area (Å²) in [5.41, 5.74) is 1.76. The van der Waals surface area contributed by atoms with E-state index in [1.54, 1.807) is 12.3 Å². The van der Waals surface area contributed by atoms with Crippen LogP contribution in [-0.4, -0.2) is 23.2 Å². The highest BCUT2D eigenvalue weighted by molar-refractivity contribution is 5.98. The van der Waals surface area contributed by atoms with Crippen LogP contribution in [0.4, 0.5) is 0 Å². The van der Waals surface area contributed by atoms with Crippen LogP contribution in [0.25, 0.3) is 21.9 Å². The average Bonchev–Trinajstić information content (AvgIpc) is 2.53. The van der Waals surface area contributed by atoms with Crippen molar-refractivity contribution in [3.8, 4) is 17.0 Å². The first-order valence-electron chi connectivity index (χ1n) is 6.46. The summed E-state index contributed by atoms with van der Waals surface area (Å²) in [4.78, 5) is 15.4. The number of rotatable bonds is 3. The highest BCUT2D eigenvalue weighted by Crippen LogP contribution is 2.30. The lowest BCUT2D eigenvalue weighted by Crippen LogP contribution is -2.02. The van der Waals surface area contributed by atoms with Crippen molar-refractivity contribution >= 4 is 16.7 Å². The van der Waals surface area contributed by atoms with Crippen LogP contribution in [-0.2, 0) is 0 Å². The second kappa shape index (κ2) is 5.25. The molecule has 0 aliphatic rings. The molecule has 0 saturated carbocycles. The van der Waals surface area contributed by atoms with E-state index in [1.807, 2.05) is 42.5 Å². The van der Waals surface area contributed by atoms with E-state index in [0.29, 0.717) is 0 Å². The Balaban J connectivity index is 2.24.